The average molecular weight is 431 g/mol. The van der Waals surface area contributed by atoms with E-state index in [1.807, 2.05) is 55.7 Å². The number of aromatic nitrogens is 3. The third kappa shape index (κ3) is 5.44. The molecule has 2 aromatic heterocycles. The van der Waals surface area contributed by atoms with Crippen molar-refractivity contribution in [2.24, 2.45) is 0 Å². The Labute approximate surface area is 173 Å². The minimum absolute atomic E-state index is 0. The summed E-state index contributed by atoms with van der Waals surface area (Å²) in [5.74, 6) is 0. The number of alkyl carbamates (subject to hydrolysis) is 1. The van der Waals surface area contributed by atoms with Gasteiger partial charge in [0.2, 0.25) is 5.28 Å². The van der Waals surface area contributed by atoms with Crippen molar-refractivity contribution in [2.45, 2.75) is 32.4 Å². The van der Waals surface area contributed by atoms with E-state index in [1.54, 1.807) is 12.3 Å². The Morgan fingerprint density at radius 3 is 2.70 bits per heavy atom. The standard InChI is InChI=1S/C19H20ClN4O2.Co/c1-19(2,3)26-18(25)22-12-15(13-7-5-4-6-8-13)24-10-9-14-11-21-17(20)23-16(14)24;/h4-9,11,15H,12H2,1-3H3,(H,22,25);/q-1;/t15-;/m1./s1. The minimum atomic E-state index is -0.556. The molecule has 8 heteroatoms. The number of halogens is 1. The summed E-state index contributed by atoms with van der Waals surface area (Å²) in [5.41, 5.74) is 1.11. The largest absolute Gasteiger partial charge is 0.444 e. The Hall–Kier alpha value is -2.09. The van der Waals surface area contributed by atoms with Crippen LogP contribution in [0.2, 0.25) is 5.28 Å². The van der Waals surface area contributed by atoms with Crippen LogP contribution in [0.4, 0.5) is 4.79 Å². The predicted octanol–water partition coefficient (Wildman–Crippen LogP) is 4.00. The summed E-state index contributed by atoms with van der Waals surface area (Å²) in [5, 5.41) is 3.82. The summed E-state index contributed by atoms with van der Waals surface area (Å²) < 4.78 is 7.19. The van der Waals surface area contributed by atoms with E-state index in [9.17, 15) is 4.79 Å². The van der Waals surface area contributed by atoms with E-state index in [1.165, 1.54) is 0 Å². The SMILES string of the molecule is CC(C)(C)OC(=O)NC[C@H](c1ccccc1)n1[c-]cc2cnc(Cl)nc21.[Co]. The van der Waals surface area contributed by atoms with E-state index < -0.39 is 11.7 Å². The smallest absolute Gasteiger partial charge is 0.407 e. The molecule has 0 saturated heterocycles. The molecule has 0 aliphatic heterocycles. The molecule has 27 heavy (non-hydrogen) atoms. The average Bonchev–Trinajstić information content (AvgIpc) is 2.97. The van der Waals surface area contributed by atoms with Crippen molar-refractivity contribution in [3.63, 3.8) is 0 Å². The van der Waals surface area contributed by atoms with E-state index >= 15 is 0 Å². The van der Waals surface area contributed by atoms with Gasteiger partial charge in [-0.1, -0.05) is 30.3 Å². The molecule has 3 rings (SSSR count). The zero-order valence-electron chi connectivity index (χ0n) is 15.2. The third-order valence-electron chi connectivity index (χ3n) is 3.69. The molecular weight excluding hydrogens is 411 g/mol. The first kappa shape index (κ1) is 21.2. The first-order valence-electron chi connectivity index (χ1n) is 8.26. The van der Waals surface area contributed by atoms with Gasteiger partial charge in [0, 0.05) is 23.3 Å². The first-order valence-corrected chi connectivity index (χ1v) is 8.64. The van der Waals surface area contributed by atoms with Crippen molar-refractivity contribution < 1.29 is 26.3 Å². The molecule has 2 heterocycles. The van der Waals surface area contributed by atoms with E-state index in [4.69, 9.17) is 16.3 Å². The van der Waals surface area contributed by atoms with Crippen LogP contribution >= 0.6 is 11.6 Å². The van der Waals surface area contributed by atoms with Crippen molar-refractivity contribution in [2.75, 3.05) is 6.54 Å². The number of rotatable bonds is 4. The normalized spacial score (nSPS) is 12.3. The van der Waals surface area contributed by atoms with Gasteiger partial charge >= 0.3 is 6.09 Å². The molecule has 0 saturated carbocycles. The molecule has 1 radical (unpaired) electrons. The van der Waals surface area contributed by atoms with Gasteiger partial charge in [-0.25, -0.2) is 9.78 Å². The quantitative estimate of drug-likeness (QED) is 0.502. The van der Waals surface area contributed by atoms with E-state index in [0.29, 0.717) is 12.2 Å². The number of fused-ring (bicyclic) bond motifs is 1. The number of nitrogens with zero attached hydrogens (tertiary/aromatic N) is 3. The van der Waals surface area contributed by atoms with Gasteiger partial charge in [-0.15, -0.1) is 11.6 Å². The van der Waals surface area contributed by atoms with Gasteiger partial charge < -0.3 is 14.6 Å². The second-order valence-corrected chi connectivity index (χ2v) is 7.21. The molecule has 0 spiro atoms. The maximum atomic E-state index is 12.1. The summed E-state index contributed by atoms with van der Waals surface area (Å²) in [6.07, 6.45) is 4.36. The first-order chi connectivity index (χ1) is 12.3. The van der Waals surface area contributed by atoms with Gasteiger partial charge in [0.1, 0.15) is 5.60 Å². The molecule has 0 fully saturated rings. The van der Waals surface area contributed by atoms with Crippen LogP contribution in [-0.2, 0) is 21.5 Å². The summed E-state index contributed by atoms with van der Waals surface area (Å²) in [4.78, 5) is 20.4. The van der Waals surface area contributed by atoms with Crippen LogP contribution in [0.25, 0.3) is 11.0 Å². The molecule has 1 aromatic carbocycles. The van der Waals surface area contributed by atoms with Crippen molar-refractivity contribution in [3.05, 3.63) is 59.6 Å². The number of ether oxygens (including phenoxy) is 1. The third-order valence-corrected chi connectivity index (χ3v) is 3.87. The number of benzene rings is 1. The molecule has 0 bridgehead atoms. The molecule has 6 nitrogen and oxygen atoms in total. The van der Waals surface area contributed by atoms with Crippen molar-refractivity contribution >= 4 is 28.7 Å². The Morgan fingerprint density at radius 1 is 1.33 bits per heavy atom. The molecule has 0 aliphatic carbocycles. The second kappa shape index (κ2) is 8.73. The number of carbonyl (C=O) groups excluding carboxylic acids is 1. The van der Waals surface area contributed by atoms with Crippen LogP contribution in [0.5, 0.6) is 0 Å². The minimum Gasteiger partial charge on any atom is -0.444 e. The number of nitrogens with one attached hydrogen (secondary N) is 1. The molecule has 3 aromatic rings. The molecule has 1 amide bonds. The topological polar surface area (TPSA) is 69.0 Å². The fraction of sp³-hybridized carbons (Fsp3) is 0.316. The van der Waals surface area contributed by atoms with E-state index in [0.717, 1.165) is 10.9 Å². The van der Waals surface area contributed by atoms with Gasteiger partial charge in [-0.2, -0.15) is 6.07 Å². The molecule has 1 atom stereocenters. The van der Waals surface area contributed by atoms with Crippen LogP contribution in [0.1, 0.15) is 32.4 Å². The van der Waals surface area contributed by atoms with Crippen LogP contribution < -0.4 is 5.32 Å². The van der Waals surface area contributed by atoms with Gasteiger partial charge in [0.05, 0.1) is 6.04 Å². The van der Waals surface area contributed by atoms with E-state index in [2.05, 4.69) is 21.5 Å². The molecule has 145 valence electrons. The van der Waals surface area contributed by atoms with Crippen LogP contribution in [0.15, 0.2) is 42.6 Å². The Kier molecular flexibility index (Phi) is 6.86. The van der Waals surface area contributed by atoms with Crippen LogP contribution in [0, 0.1) is 6.20 Å². The second-order valence-electron chi connectivity index (χ2n) is 6.87. The van der Waals surface area contributed by atoms with Gasteiger partial charge in [0.25, 0.3) is 0 Å². The summed E-state index contributed by atoms with van der Waals surface area (Å²) in [6, 6.07) is 11.4. The summed E-state index contributed by atoms with van der Waals surface area (Å²) >= 11 is 5.96. The maximum absolute atomic E-state index is 12.1. The zero-order valence-corrected chi connectivity index (χ0v) is 17.0. The number of hydrogen-bond donors (Lipinski definition) is 1. The van der Waals surface area contributed by atoms with Crippen molar-refractivity contribution in [1.29, 1.82) is 0 Å². The number of hydrogen-bond acceptors (Lipinski definition) is 4. The monoisotopic (exact) mass is 430 g/mol. The van der Waals surface area contributed by atoms with E-state index in [-0.39, 0.29) is 28.1 Å². The number of amides is 1. The molecular formula is C19H20ClCoN4O2-. The van der Waals surface area contributed by atoms with Crippen molar-refractivity contribution in [1.82, 2.24) is 19.9 Å². The Balaban J connectivity index is 0.00000261. The van der Waals surface area contributed by atoms with Gasteiger partial charge in [-0.3, -0.25) is 4.98 Å². The van der Waals surface area contributed by atoms with Gasteiger partial charge in [0.15, 0.2) is 0 Å². The van der Waals surface area contributed by atoms with Crippen LogP contribution in [0.3, 0.4) is 0 Å². The summed E-state index contributed by atoms with van der Waals surface area (Å²) in [6.45, 7) is 5.80. The fourth-order valence-corrected chi connectivity index (χ4v) is 2.75. The predicted molar refractivity (Wildman–Crippen MR) is 100 cm³/mol. The van der Waals surface area contributed by atoms with Crippen molar-refractivity contribution in [3.8, 4) is 0 Å². The molecule has 0 unspecified atom stereocenters. The summed E-state index contributed by atoms with van der Waals surface area (Å²) in [7, 11) is 0. The van der Waals surface area contributed by atoms with Crippen LogP contribution in [-0.4, -0.2) is 32.8 Å². The number of carbonyl (C=O) groups is 1. The Morgan fingerprint density at radius 2 is 2.04 bits per heavy atom. The Bertz CT molecular complexity index is 909. The zero-order chi connectivity index (χ0) is 18.7. The maximum Gasteiger partial charge on any atom is 0.407 e. The molecule has 0 aliphatic rings. The molecule has 1 N–H and O–H groups in total. The fourth-order valence-electron chi connectivity index (χ4n) is 2.62. The van der Waals surface area contributed by atoms with Gasteiger partial charge in [-0.05, 0) is 49.8 Å².